The van der Waals surface area contributed by atoms with Gasteiger partial charge in [0, 0.05) is 13.0 Å². The topological polar surface area (TPSA) is 90.9 Å². The van der Waals surface area contributed by atoms with Crippen LogP contribution in [0.25, 0.3) is 0 Å². The third kappa shape index (κ3) is 43.2. The van der Waals surface area contributed by atoms with Gasteiger partial charge in [-0.05, 0) is 12.8 Å². The third-order valence-corrected chi connectivity index (χ3v) is 7.85. The van der Waals surface area contributed by atoms with Crippen LogP contribution >= 0.6 is 0 Å². The normalized spacial score (nSPS) is 11.4. The lowest BCUT2D eigenvalue weighted by Crippen LogP contribution is -2.15. The van der Waals surface area contributed by atoms with Crippen LogP contribution in [0.2, 0.25) is 0 Å². The summed E-state index contributed by atoms with van der Waals surface area (Å²) in [7, 11) is 0. The molecule has 0 saturated carbocycles. The Morgan fingerprint density at radius 2 is 0.553 bits per heavy atom. The number of ether oxygens (including phenoxy) is 8. The molecule has 9 heteroatoms. The van der Waals surface area contributed by atoms with E-state index in [0.29, 0.717) is 98.9 Å². The van der Waals surface area contributed by atoms with Gasteiger partial charge in [-0.3, -0.25) is 4.79 Å². The SMILES string of the molecule is CCCCCCCCCCCCCCCCCCOCCOCCOCCOCCOCCOCCOCCOC(=O)CCCCC. The standard InChI is InChI=1S/C38H76O9/c1-3-5-7-8-9-10-11-12-13-14-15-16-17-18-19-21-23-40-24-25-41-26-27-42-28-29-43-30-31-44-32-33-45-34-35-46-36-37-47-38(39)22-20-6-4-2/h3-37H2,1-2H3. The van der Waals surface area contributed by atoms with E-state index in [1.807, 2.05) is 0 Å². The summed E-state index contributed by atoms with van der Waals surface area (Å²) in [6.45, 7) is 12.4. The van der Waals surface area contributed by atoms with E-state index in [4.69, 9.17) is 37.9 Å². The van der Waals surface area contributed by atoms with Crippen molar-refractivity contribution in [2.45, 2.75) is 142 Å². The van der Waals surface area contributed by atoms with E-state index in [1.54, 1.807) is 0 Å². The maximum atomic E-state index is 11.5. The number of carbonyl (C=O) groups excluding carboxylic acids is 1. The fourth-order valence-corrected chi connectivity index (χ4v) is 4.98. The molecule has 0 N–H and O–H groups in total. The molecule has 0 aromatic carbocycles. The van der Waals surface area contributed by atoms with Crippen LogP contribution < -0.4 is 0 Å². The molecule has 0 saturated heterocycles. The van der Waals surface area contributed by atoms with E-state index in [2.05, 4.69) is 13.8 Å². The molecular weight excluding hydrogens is 600 g/mol. The van der Waals surface area contributed by atoms with Crippen LogP contribution in [0.1, 0.15) is 142 Å². The van der Waals surface area contributed by atoms with Crippen molar-refractivity contribution in [3.05, 3.63) is 0 Å². The molecule has 47 heavy (non-hydrogen) atoms. The first-order chi connectivity index (χ1) is 23.3. The Kier molecular flexibility index (Phi) is 42.5. The highest BCUT2D eigenvalue weighted by atomic mass is 16.6. The van der Waals surface area contributed by atoms with Crippen LogP contribution in [0.4, 0.5) is 0 Å². The zero-order valence-corrected chi connectivity index (χ0v) is 30.9. The molecule has 0 aliphatic carbocycles. The molecule has 282 valence electrons. The first-order valence-electron chi connectivity index (χ1n) is 19.5. The number of hydrogen-bond acceptors (Lipinski definition) is 9. The van der Waals surface area contributed by atoms with Crippen molar-refractivity contribution in [1.82, 2.24) is 0 Å². The van der Waals surface area contributed by atoms with Crippen molar-refractivity contribution >= 4 is 5.97 Å². The Morgan fingerprint density at radius 1 is 0.298 bits per heavy atom. The monoisotopic (exact) mass is 677 g/mol. The van der Waals surface area contributed by atoms with E-state index < -0.39 is 0 Å². The fraction of sp³-hybridized carbons (Fsp3) is 0.974. The first-order valence-corrected chi connectivity index (χ1v) is 19.5. The number of hydrogen-bond donors (Lipinski definition) is 0. The Labute approximate surface area is 289 Å². The molecule has 0 aliphatic heterocycles. The summed E-state index contributed by atoms with van der Waals surface area (Å²) >= 11 is 0. The second kappa shape index (κ2) is 43.2. The Balaban J connectivity index is 3.07. The van der Waals surface area contributed by atoms with E-state index >= 15 is 0 Å². The zero-order valence-electron chi connectivity index (χ0n) is 30.9. The third-order valence-electron chi connectivity index (χ3n) is 7.85. The van der Waals surface area contributed by atoms with Crippen molar-refractivity contribution in [3.63, 3.8) is 0 Å². The first kappa shape index (κ1) is 46.2. The molecule has 0 radical (unpaired) electrons. The molecule has 0 heterocycles. The van der Waals surface area contributed by atoms with Gasteiger partial charge in [0.1, 0.15) is 6.61 Å². The van der Waals surface area contributed by atoms with Crippen LogP contribution in [-0.4, -0.2) is 105 Å². The van der Waals surface area contributed by atoms with Crippen molar-refractivity contribution in [2.24, 2.45) is 0 Å². The van der Waals surface area contributed by atoms with Crippen LogP contribution in [-0.2, 0) is 42.7 Å². The predicted molar refractivity (Wildman–Crippen MR) is 190 cm³/mol. The van der Waals surface area contributed by atoms with Gasteiger partial charge in [0.15, 0.2) is 0 Å². The fourth-order valence-electron chi connectivity index (χ4n) is 4.98. The molecule has 9 nitrogen and oxygen atoms in total. The lowest BCUT2D eigenvalue weighted by atomic mass is 10.0. The van der Waals surface area contributed by atoms with Crippen molar-refractivity contribution in [2.75, 3.05) is 99.1 Å². The van der Waals surface area contributed by atoms with Crippen LogP contribution in [0, 0.1) is 0 Å². The van der Waals surface area contributed by atoms with Gasteiger partial charge in [-0.15, -0.1) is 0 Å². The van der Waals surface area contributed by atoms with Gasteiger partial charge in [-0.1, -0.05) is 123 Å². The maximum absolute atomic E-state index is 11.5. The highest BCUT2D eigenvalue weighted by Gasteiger charge is 2.02. The van der Waals surface area contributed by atoms with Gasteiger partial charge in [0.05, 0.1) is 85.9 Å². The summed E-state index contributed by atoms with van der Waals surface area (Å²) in [5.41, 5.74) is 0. The average Bonchev–Trinajstić information content (AvgIpc) is 3.08. The lowest BCUT2D eigenvalue weighted by molar-refractivity contribution is -0.145. The smallest absolute Gasteiger partial charge is 0.305 e. The minimum atomic E-state index is -0.149. The van der Waals surface area contributed by atoms with Gasteiger partial charge >= 0.3 is 5.97 Å². The molecule has 0 spiro atoms. The van der Waals surface area contributed by atoms with Crippen LogP contribution in [0.3, 0.4) is 0 Å². The number of unbranched alkanes of at least 4 members (excludes halogenated alkanes) is 17. The summed E-state index contributed by atoms with van der Waals surface area (Å²) in [6.07, 6.45) is 25.7. The summed E-state index contributed by atoms with van der Waals surface area (Å²) in [5.74, 6) is -0.149. The molecule has 0 aromatic heterocycles. The van der Waals surface area contributed by atoms with Crippen LogP contribution in [0.5, 0.6) is 0 Å². The summed E-state index contributed by atoms with van der Waals surface area (Å²) in [4.78, 5) is 11.5. The minimum absolute atomic E-state index is 0.149. The van der Waals surface area contributed by atoms with E-state index in [1.165, 1.54) is 96.3 Å². The van der Waals surface area contributed by atoms with E-state index in [9.17, 15) is 4.79 Å². The number of esters is 1. The molecule has 0 amide bonds. The van der Waals surface area contributed by atoms with Gasteiger partial charge in [-0.2, -0.15) is 0 Å². The van der Waals surface area contributed by atoms with Crippen molar-refractivity contribution < 1.29 is 42.7 Å². The molecular formula is C38H76O9. The maximum Gasteiger partial charge on any atom is 0.305 e. The number of carbonyl (C=O) groups is 1. The molecule has 0 fully saturated rings. The molecule has 0 aliphatic rings. The Bertz CT molecular complexity index is 579. The van der Waals surface area contributed by atoms with Crippen molar-refractivity contribution in [3.8, 4) is 0 Å². The second-order valence-corrected chi connectivity index (χ2v) is 12.3. The molecule has 0 aromatic rings. The molecule has 0 rings (SSSR count). The quantitative estimate of drug-likeness (QED) is 0.0466. The van der Waals surface area contributed by atoms with Gasteiger partial charge < -0.3 is 37.9 Å². The molecule has 0 atom stereocenters. The average molecular weight is 677 g/mol. The van der Waals surface area contributed by atoms with Gasteiger partial charge in [-0.25, -0.2) is 0 Å². The number of rotatable bonds is 42. The molecule has 0 bridgehead atoms. The largest absolute Gasteiger partial charge is 0.463 e. The Hall–Kier alpha value is -0.810. The Morgan fingerprint density at radius 3 is 0.894 bits per heavy atom. The highest BCUT2D eigenvalue weighted by molar-refractivity contribution is 5.69. The summed E-state index contributed by atoms with van der Waals surface area (Å²) < 4.78 is 43.7. The van der Waals surface area contributed by atoms with Gasteiger partial charge in [0.25, 0.3) is 0 Å². The molecule has 0 unspecified atom stereocenters. The predicted octanol–water partition coefficient (Wildman–Crippen LogP) is 8.49. The van der Waals surface area contributed by atoms with E-state index in [0.717, 1.165) is 32.3 Å². The minimum Gasteiger partial charge on any atom is -0.463 e. The van der Waals surface area contributed by atoms with E-state index in [-0.39, 0.29) is 5.97 Å². The lowest BCUT2D eigenvalue weighted by Gasteiger charge is -2.09. The summed E-state index contributed by atoms with van der Waals surface area (Å²) in [5, 5.41) is 0. The second-order valence-electron chi connectivity index (χ2n) is 12.3. The van der Waals surface area contributed by atoms with Gasteiger partial charge in [0.2, 0.25) is 0 Å². The van der Waals surface area contributed by atoms with Crippen LogP contribution in [0.15, 0.2) is 0 Å². The van der Waals surface area contributed by atoms with Crippen molar-refractivity contribution in [1.29, 1.82) is 0 Å². The zero-order chi connectivity index (χ0) is 34.0. The highest BCUT2D eigenvalue weighted by Crippen LogP contribution is 2.13. The summed E-state index contributed by atoms with van der Waals surface area (Å²) in [6, 6.07) is 0.